The Balaban J connectivity index is 1.41. The highest BCUT2D eigenvalue weighted by Gasteiger charge is 2.45. The van der Waals surface area contributed by atoms with Crippen LogP contribution in [0, 0.1) is 10.8 Å². The summed E-state index contributed by atoms with van der Waals surface area (Å²) in [5.74, 6) is 0.577. The van der Waals surface area contributed by atoms with Crippen LogP contribution in [0.3, 0.4) is 0 Å². The second kappa shape index (κ2) is 7.85. The molecule has 28 heavy (non-hydrogen) atoms. The number of hydrogen-bond acceptors (Lipinski definition) is 4. The minimum absolute atomic E-state index is 0.0685. The van der Waals surface area contributed by atoms with E-state index in [4.69, 9.17) is 0 Å². The lowest BCUT2D eigenvalue weighted by Crippen LogP contribution is -2.58. The molecule has 2 amide bonds. The molecule has 7 heteroatoms. The summed E-state index contributed by atoms with van der Waals surface area (Å²) in [5.41, 5.74) is 0.903. The number of nitrogens with zero attached hydrogens (tertiary/aromatic N) is 3. The molecular formula is C21H33N5O2. The molecule has 0 unspecified atom stereocenters. The van der Waals surface area contributed by atoms with Gasteiger partial charge in [-0.3, -0.25) is 9.59 Å². The van der Waals surface area contributed by atoms with Gasteiger partial charge in [-0.2, -0.15) is 0 Å². The van der Waals surface area contributed by atoms with Crippen molar-refractivity contribution in [3.63, 3.8) is 0 Å². The molecule has 3 fully saturated rings. The fraction of sp³-hybridized carbons (Fsp3) is 0.762. The van der Waals surface area contributed by atoms with Crippen LogP contribution in [-0.2, 0) is 16.0 Å². The van der Waals surface area contributed by atoms with Crippen LogP contribution >= 0.6 is 0 Å². The molecule has 4 heterocycles. The number of rotatable bonds is 4. The van der Waals surface area contributed by atoms with Gasteiger partial charge in [-0.25, -0.2) is 4.98 Å². The smallest absolute Gasteiger partial charge is 0.228 e. The standard InChI is InChI=1S/C21H33N5O2/c1-20(7-9-22-10-8-20)19(28)26-11-2-5-21(15-26)6-3-18(27)25(14-21)12-4-17-13-23-16-24-17/h13,16,22H,2-12,14-15H2,1H3,(H,23,24)/t21-/m1/s1. The normalized spacial score (nSPS) is 28.0. The molecule has 1 atom stereocenters. The van der Waals surface area contributed by atoms with Crippen molar-refractivity contribution in [1.29, 1.82) is 0 Å². The van der Waals surface area contributed by atoms with Crippen molar-refractivity contribution < 1.29 is 9.59 Å². The van der Waals surface area contributed by atoms with Crippen LogP contribution in [-0.4, -0.2) is 70.9 Å². The van der Waals surface area contributed by atoms with Crippen molar-refractivity contribution in [2.24, 2.45) is 10.8 Å². The Hall–Kier alpha value is -1.89. The third-order valence-electron chi connectivity index (χ3n) is 7.13. The number of piperidine rings is 3. The predicted octanol–water partition coefficient (Wildman–Crippen LogP) is 1.57. The molecular weight excluding hydrogens is 354 g/mol. The van der Waals surface area contributed by atoms with E-state index in [1.165, 1.54) is 0 Å². The first-order valence-corrected chi connectivity index (χ1v) is 10.7. The van der Waals surface area contributed by atoms with Gasteiger partial charge in [0.05, 0.1) is 6.33 Å². The molecule has 0 bridgehead atoms. The van der Waals surface area contributed by atoms with Crippen LogP contribution in [0.4, 0.5) is 0 Å². The van der Waals surface area contributed by atoms with E-state index in [9.17, 15) is 9.59 Å². The quantitative estimate of drug-likeness (QED) is 0.822. The van der Waals surface area contributed by atoms with Gasteiger partial charge in [0.2, 0.25) is 11.8 Å². The molecule has 0 aliphatic carbocycles. The van der Waals surface area contributed by atoms with Crippen molar-refractivity contribution in [3.05, 3.63) is 18.2 Å². The minimum atomic E-state index is -0.228. The summed E-state index contributed by atoms with van der Waals surface area (Å²) in [6.07, 6.45) is 9.82. The first kappa shape index (κ1) is 19.4. The Kier molecular flexibility index (Phi) is 5.45. The molecule has 1 aromatic rings. The Morgan fingerprint density at radius 2 is 2.04 bits per heavy atom. The molecule has 3 aliphatic rings. The average Bonchev–Trinajstić information content (AvgIpc) is 3.23. The monoisotopic (exact) mass is 387 g/mol. The molecule has 0 aromatic carbocycles. The maximum absolute atomic E-state index is 13.3. The number of amides is 2. The van der Waals surface area contributed by atoms with Gasteiger partial charge in [0.15, 0.2) is 0 Å². The SMILES string of the molecule is CC1(C(=O)N2CCC[C@]3(CCC(=O)N(CCc4cnc[nH]4)C3)C2)CCNCC1. The molecule has 4 rings (SSSR count). The van der Waals surface area contributed by atoms with Gasteiger partial charge < -0.3 is 20.1 Å². The van der Waals surface area contributed by atoms with Gasteiger partial charge in [0, 0.05) is 61.7 Å². The summed E-state index contributed by atoms with van der Waals surface area (Å²) in [6, 6.07) is 0. The summed E-state index contributed by atoms with van der Waals surface area (Å²) in [7, 11) is 0. The van der Waals surface area contributed by atoms with Gasteiger partial charge >= 0.3 is 0 Å². The van der Waals surface area contributed by atoms with Crippen LogP contribution < -0.4 is 5.32 Å². The first-order valence-electron chi connectivity index (χ1n) is 10.7. The van der Waals surface area contributed by atoms with Crippen molar-refractivity contribution in [1.82, 2.24) is 25.1 Å². The Bertz CT molecular complexity index is 698. The molecule has 1 spiro atoms. The zero-order valence-electron chi connectivity index (χ0n) is 17.0. The molecule has 1 aromatic heterocycles. The number of carbonyl (C=O) groups is 2. The largest absolute Gasteiger partial charge is 0.348 e. The number of likely N-dealkylation sites (tertiary alicyclic amines) is 2. The summed E-state index contributed by atoms with van der Waals surface area (Å²) in [4.78, 5) is 37.2. The van der Waals surface area contributed by atoms with Gasteiger partial charge in [-0.05, 0) is 45.2 Å². The summed E-state index contributed by atoms with van der Waals surface area (Å²) in [5, 5.41) is 3.37. The number of imidazole rings is 1. The van der Waals surface area contributed by atoms with E-state index in [0.29, 0.717) is 12.3 Å². The van der Waals surface area contributed by atoms with E-state index < -0.39 is 0 Å². The first-order chi connectivity index (χ1) is 13.5. The maximum atomic E-state index is 13.3. The van der Waals surface area contributed by atoms with E-state index in [1.807, 2.05) is 11.1 Å². The fourth-order valence-corrected chi connectivity index (χ4v) is 5.27. The summed E-state index contributed by atoms with van der Waals surface area (Å²) < 4.78 is 0. The maximum Gasteiger partial charge on any atom is 0.228 e. The molecule has 0 radical (unpaired) electrons. The third kappa shape index (κ3) is 3.95. The molecule has 7 nitrogen and oxygen atoms in total. The van der Waals surface area contributed by atoms with Crippen molar-refractivity contribution in [2.75, 3.05) is 39.3 Å². The number of H-pyrrole nitrogens is 1. The second-order valence-electron chi connectivity index (χ2n) is 9.28. The van der Waals surface area contributed by atoms with Crippen molar-refractivity contribution >= 4 is 11.8 Å². The number of nitrogens with one attached hydrogen (secondary N) is 2. The van der Waals surface area contributed by atoms with Crippen molar-refractivity contribution in [2.45, 2.75) is 51.9 Å². The van der Waals surface area contributed by atoms with E-state index in [2.05, 4.69) is 27.1 Å². The minimum Gasteiger partial charge on any atom is -0.348 e. The highest BCUT2D eigenvalue weighted by Crippen LogP contribution is 2.41. The van der Waals surface area contributed by atoms with Crippen molar-refractivity contribution in [3.8, 4) is 0 Å². The summed E-state index contributed by atoms with van der Waals surface area (Å²) >= 11 is 0. The van der Waals surface area contributed by atoms with E-state index in [-0.39, 0.29) is 16.7 Å². The van der Waals surface area contributed by atoms with Crippen LogP contribution in [0.1, 0.15) is 51.1 Å². The molecule has 0 saturated carbocycles. The number of carbonyl (C=O) groups excluding carboxylic acids is 2. The number of aromatic amines is 1. The average molecular weight is 388 g/mol. The highest BCUT2D eigenvalue weighted by atomic mass is 16.2. The predicted molar refractivity (Wildman–Crippen MR) is 107 cm³/mol. The fourth-order valence-electron chi connectivity index (χ4n) is 5.27. The van der Waals surface area contributed by atoms with Gasteiger partial charge in [0.1, 0.15) is 0 Å². The van der Waals surface area contributed by atoms with Gasteiger partial charge in [-0.1, -0.05) is 6.92 Å². The lowest BCUT2D eigenvalue weighted by atomic mass is 9.72. The Morgan fingerprint density at radius 3 is 2.79 bits per heavy atom. The molecule has 154 valence electrons. The lowest BCUT2D eigenvalue weighted by molar-refractivity contribution is -0.150. The second-order valence-corrected chi connectivity index (χ2v) is 9.28. The van der Waals surface area contributed by atoms with Crippen LogP contribution in [0.15, 0.2) is 12.5 Å². The Labute approximate surface area is 167 Å². The topological polar surface area (TPSA) is 81.3 Å². The zero-order chi connectivity index (χ0) is 19.6. The van der Waals surface area contributed by atoms with Crippen LogP contribution in [0.2, 0.25) is 0 Å². The molecule has 3 aliphatic heterocycles. The third-order valence-corrected chi connectivity index (χ3v) is 7.13. The zero-order valence-corrected chi connectivity index (χ0v) is 17.0. The van der Waals surface area contributed by atoms with E-state index in [0.717, 1.165) is 83.5 Å². The molecule has 2 N–H and O–H groups in total. The van der Waals surface area contributed by atoms with Crippen LogP contribution in [0.25, 0.3) is 0 Å². The molecule has 3 saturated heterocycles. The number of aromatic nitrogens is 2. The van der Waals surface area contributed by atoms with Gasteiger partial charge in [0.25, 0.3) is 0 Å². The van der Waals surface area contributed by atoms with Crippen LogP contribution in [0.5, 0.6) is 0 Å². The highest BCUT2D eigenvalue weighted by molar-refractivity contribution is 5.83. The van der Waals surface area contributed by atoms with E-state index in [1.54, 1.807) is 6.33 Å². The lowest BCUT2D eigenvalue weighted by Gasteiger charge is -2.50. The van der Waals surface area contributed by atoms with Gasteiger partial charge in [-0.15, -0.1) is 0 Å². The number of hydrogen-bond donors (Lipinski definition) is 2. The summed E-state index contributed by atoms with van der Waals surface area (Å²) in [6.45, 7) is 7.17. The Morgan fingerprint density at radius 1 is 1.21 bits per heavy atom. The van der Waals surface area contributed by atoms with E-state index >= 15 is 0 Å².